The maximum Gasteiger partial charge on any atom is 1.00 e. The molecule has 1 aliphatic rings. The normalized spacial score (nSPS) is 12.6. The van der Waals surface area contributed by atoms with E-state index >= 15 is 0 Å². The van der Waals surface area contributed by atoms with Crippen LogP contribution in [0.3, 0.4) is 0 Å². The van der Waals surface area contributed by atoms with Crippen molar-refractivity contribution >= 4 is 40.1 Å². The van der Waals surface area contributed by atoms with E-state index in [4.69, 9.17) is 0 Å². The van der Waals surface area contributed by atoms with E-state index in [2.05, 4.69) is 227 Å². The van der Waals surface area contributed by atoms with Crippen molar-refractivity contribution in [1.82, 2.24) is 9.15 Å². The summed E-state index contributed by atoms with van der Waals surface area (Å²) < 4.78 is 4.64. The SMILES string of the molecule is CC(C)(C)c1ccc([N-]c2ccc(C(C)(C)C)cc2)cc1.CC(C)c1cccc(C(C)C)c1[N+]1=C=[N+](c2c(C(C)C)cccc2C(C)C)c2ccccc21.[Au+]. The molecule has 5 aromatic carbocycles. The topological polar surface area (TPSA) is 20.1 Å². The Bertz CT molecular complexity index is 1930. The molecule has 1 aliphatic heterocycles. The van der Waals surface area contributed by atoms with Gasteiger partial charge in [-0.05, 0) is 54.8 Å². The van der Waals surface area contributed by atoms with E-state index < -0.39 is 0 Å². The Balaban J connectivity index is 0.000000265. The van der Waals surface area contributed by atoms with Crippen molar-refractivity contribution in [2.75, 3.05) is 0 Å². The molecule has 0 saturated carbocycles. The standard InChI is InChI=1S/C31H38N2.C20H26N.Au/c1-20(2)24-13-11-14-25(21(3)4)30(24)32-19-33(29-18-10-9-17-28(29)32)31-26(22(5)6)15-12-16-27(31)23(7)8;1-19(2,3)15-7-11-17(12-8-15)21-18-13-9-16(10-14-18)20(4,5)6;/h9-18,20-23H,1-8H3;7-14H,1-6H3;/q+2;-1;+1. The van der Waals surface area contributed by atoms with E-state index in [0.717, 1.165) is 11.4 Å². The molecule has 5 aromatic rings. The van der Waals surface area contributed by atoms with Crippen LogP contribution >= 0.6 is 0 Å². The predicted octanol–water partition coefficient (Wildman–Crippen LogP) is 15.7. The number of hydrogen-bond acceptors (Lipinski definition) is 0. The minimum Gasteiger partial charge on any atom is -0.658 e. The van der Waals surface area contributed by atoms with Crippen molar-refractivity contribution in [3.8, 4) is 0 Å². The Morgan fingerprint density at radius 1 is 0.418 bits per heavy atom. The first-order valence-electron chi connectivity index (χ1n) is 20.0. The first-order chi connectivity index (χ1) is 25.4. The van der Waals surface area contributed by atoms with Gasteiger partial charge in [0.2, 0.25) is 11.4 Å². The third-order valence-corrected chi connectivity index (χ3v) is 10.4. The van der Waals surface area contributed by atoms with Crippen LogP contribution in [-0.4, -0.2) is 6.01 Å². The van der Waals surface area contributed by atoms with Crippen LogP contribution in [0, 0.1) is 0 Å². The van der Waals surface area contributed by atoms with Crippen molar-refractivity contribution in [2.24, 2.45) is 0 Å². The molecule has 4 heteroatoms. The summed E-state index contributed by atoms with van der Waals surface area (Å²) in [6.45, 7) is 31.6. The Hall–Kier alpha value is -3.98. The zero-order valence-electron chi connectivity index (χ0n) is 35.8. The van der Waals surface area contributed by atoms with Gasteiger partial charge in [-0.3, -0.25) is 0 Å². The van der Waals surface area contributed by atoms with Crippen molar-refractivity contribution in [1.29, 1.82) is 0 Å². The second-order valence-electron chi connectivity index (χ2n) is 18.2. The largest absolute Gasteiger partial charge is 1.00 e. The van der Waals surface area contributed by atoms with Gasteiger partial charge < -0.3 is 5.32 Å². The van der Waals surface area contributed by atoms with Gasteiger partial charge in [0.25, 0.3) is 11.4 Å². The van der Waals surface area contributed by atoms with Gasteiger partial charge in [-0.25, -0.2) is 0 Å². The minimum atomic E-state index is 0. The number of nitrogens with zero attached hydrogens (tertiary/aromatic N) is 3. The summed E-state index contributed by atoms with van der Waals surface area (Å²) in [7, 11) is 0. The average Bonchev–Trinajstić information content (AvgIpc) is 3.50. The Labute approximate surface area is 349 Å². The van der Waals surface area contributed by atoms with E-state index in [1.54, 1.807) is 0 Å². The van der Waals surface area contributed by atoms with E-state index in [-0.39, 0.29) is 33.2 Å². The second kappa shape index (κ2) is 17.9. The second-order valence-corrected chi connectivity index (χ2v) is 18.2. The van der Waals surface area contributed by atoms with E-state index in [9.17, 15) is 0 Å². The third-order valence-electron chi connectivity index (χ3n) is 10.4. The van der Waals surface area contributed by atoms with Gasteiger partial charge in [0.05, 0.1) is 0 Å². The predicted molar refractivity (Wildman–Crippen MR) is 237 cm³/mol. The zero-order chi connectivity index (χ0) is 39.5. The molecule has 0 saturated heterocycles. The van der Waals surface area contributed by atoms with Crippen LogP contribution in [-0.2, 0) is 33.2 Å². The Morgan fingerprint density at radius 2 is 0.709 bits per heavy atom. The van der Waals surface area contributed by atoms with Crippen LogP contribution in [0.4, 0.5) is 34.1 Å². The number of para-hydroxylation sites is 4. The smallest absolute Gasteiger partial charge is 0.658 e. The molecule has 0 bridgehead atoms. The molecule has 0 radical (unpaired) electrons. The summed E-state index contributed by atoms with van der Waals surface area (Å²) in [6.07, 6.45) is 0. The fourth-order valence-corrected chi connectivity index (χ4v) is 7.15. The van der Waals surface area contributed by atoms with Crippen LogP contribution in [0.15, 0.2) is 109 Å². The monoisotopic (exact) mass is 915 g/mol. The van der Waals surface area contributed by atoms with Crippen molar-refractivity contribution in [2.45, 2.75) is 131 Å². The zero-order valence-corrected chi connectivity index (χ0v) is 38.0. The van der Waals surface area contributed by atoms with Crippen LogP contribution < -0.4 is 9.15 Å². The van der Waals surface area contributed by atoms with Crippen LogP contribution in [0.5, 0.6) is 0 Å². The van der Waals surface area contributed by atoms with E-state index in [1.165, 1.54) is 56.1 Å². The number of hydrogen-bond donors (Lipinski definition) is 0. The van der Waals surface area contributed by atoms with Crippen LogP contribution in [0.25, 0.3) is 5.32 Å². The van der Waals surface area contributed by atoms with Gasteiger partial charge in [-0.2, -0.15) is 0 Å². The number of benzene rings is 5. The molecule has 1 heterocycles. The average molecular weight is 916 g/mol. The van der Waals surface area contributed by atoms with Gasteiger partial charge in [0, 0.05) is 34.4 Å². The minimum absolute atomic E-state index is 0. The fourth-order valence-electron chi connectivity index (χ4n) is 7.15. The summed E-state index contributed by atoms with van der Waals surface area (Å²) in [6, 6.07) is 43.2. The molecular weight excluding hydrogens is 852 g/mol. The molecule has 0 aliphatic carbocycles. The summed E-state index contributed by atoms with van der Waals surface area (Å²) in [5, 5.41) is 4.69. The van der Waals surface area contributed by atoms with Gasteiger partial charge in [-0.15, -0.1) is 11.4 Å². The fraction of sp³-hybridized carbons (Fsp3) is 0.392. The maximum absolute atomic E-state index is 4.69. The molecular formula is C51H64AuN3+2. The molecule has 0 spiro atoms. The molecule has 0 N–H and O–H groups in total. The summed E-state index contributed by atoms with van der Waals surface area (Å²) in [5.41, 5.74) is 15.5. The van der Waals surface area contributed by atoms with Crippen LogP contribution in [0.2, 0.25) is 0 Å². The third kappa shape index (κ3) is 10.1. The summed E-state index contributed by atoms with van der Waals surface area (Å²) in [5.74, 6) is 1.71. The molecule has 3 nitrogen and oxygen atoms in total. The van der Waals surface area contributed by atoms with Crippen molar-refractivity contribution < 1.29 is 22.4 Å². The molecule has 0 aromatic heterocycles. The molecule has 0 amide bonds. The molecule has 0 fully saturated rings. The van der Waals surface area contributed by atoms with Gasteiger partial charge in [-0.1, -0.05) is 194 Å². The molecule has 292 valence electrons. The molecule has 0 atom stereocenters. The maximum atomic E-state index is 4.69. The van der Waals surface area contributed by atoms with Crippen molar-refractivity contribution in [3.63, 3.8) is 0 Å². The Morgan fingerprint density at radius 3 is 0.964 bits per heavy atom. The molecule has 6 rings (SSSR count). The quantitative estimate of drug-likeness (QED) is 0.107. The first-order valence-corrected chi connectivity index (χ1v) is 20.0. The number of fused-ring (bicyclic) bond motifs is 1. The van der Waals surface area contributed by atoms with Crippen molar-refractivity contribution in [3.05, 3.63) is 148 Å². The Kier molecular flexibility index (Phi) is 14.2. The number of rotatable bonds is 8. The summed E-state index contributed by atoms with van der Waals surface area (Å²) >= 11 is 0. The van der Waals surface area contributed by atoms with Gasteiger partial charge >= 0.3 is 28.4 Å². The first kappa shape index (κ1) is 43.7. The molecule has 0 unspecified atom stereocenters. The summed E-state index contributed by atoms with van der Waals surface area (Å²) in [4.78, 5) is 0. The van der Waals surface area contributed by atoms with E-state index in [0.29, 0.717) is 23.7 Å². The molecule has 55 heavy (non-hydrogen) atoms. The van der Waals surface area contributed by atoms with E-state index in [1.807, 2.05) is 0 Å². The van der Waals surface area contributed by atoms with Gasteiger partial charge in [0.15, 0.2) is 0 Å². The van der Waals surface area contributed by atoms with Crippen LogP contribution in [0.1, 0.15) is 154 Å². The van der Waals surface area contributed by atoms with Gasteiger partial charge in [0.1, 0.15) is 0 Å².